The number of hydrogen-bond donors (Lipinski definition) is 1. The Morgan fingerprint density at radius 2 is 2.04 bits per heavy atom. The fourth-order valence-corrected chi connectivity index (χ4v) is 4.67. The molecule has 3 aliphatic heterocycles. The summed E-state index contributed by atoms with van der Waals surface area (Å²) in [6, 6.07) is 5.33. The highest BCUT2D eigenvalue weighted by atomic mass is 35.5. The number of fused-ring (bicyclic) bond motifs is 3. The molecule has 7 nitrogen and oxygen atoms in total. The zero-order chi connectivity index (χ0) is 19.3. The van der Waals surface area contributed by atoms with Crippen LogP contribution in [0.25, 0.3) is 0 Å². The Labute approximate surface area is 164 Å². The second kappa shape index (κ2) is 6.96. The minimum atomic E-state index is -0.355. The molecule has 1 N–H and O–H groups in total. The largest absolute Gasteiger partial charge is 0.343 e. The fourth-order valence-electron chi connectivity index (χ4n) is 4.50. The first-order chi connectivity index (χ1) is 13.0. The average molecular weight is 392 g/mol. The van der Waals surface area contributed by atoms with Crippen molar-refractivity contribution in [3.05, 3.63) is 28.8 Å². The van der Waals surface area contributed by atoms with Crippen molar-refractivity contribution in [2.45, 2.75) is 45.2 Å². The van der Waals surface area contributed by atoms with Crippen molar-refractivity contribution in [3.8, 4) is 0 Å². The van der Waals surface area contributed by atoms with E-state index in [0.29, 0.717) is 6.54 Å². The van der Waals surface area contributed by atoms with Gasteiger partial charge in [-0.15, -0.1) is 0 Å². The second-order valence-electron chi connectivity index (χ2n) is 7.48. The van der Waals surface area contributed by atoms with Crippen LogP contribution in [0.3, 0.4) is 0 Å². The number of carbonyl (C=O) groups is 2. The maximum absolute atomic E-state index is 13.1. The summed E-state index contributed by atoms with van der Waals surface area (Å²) in [5.74, 6) is -0.0929. The molecule has 1 aromatic carbocycles. The summed E-state index contributed by atoms with van der Waals surface area (Å²) in [6.07, 6.45) is 1.26. The number of nitrogens with zero attached hydrogens (tertiary/aromatic N) is 4. The summed E-state index contributed by atoms with van der Waals surface area (Å²) >= 11 is 6.34. The number of likely N-dealkylation sites (N-methyl/N-ethyl adjacent to an activating group) is 1. The van der Waals surface area contributed by atoms with Gasteiger partial charge >= 0.3 is 6.03 Å². The monoisotopic (exact) mass is 391 g/mol. The van der Waals surface area contributed by atoms with Gasteiger partial charge in [0.05, 0.1) is 0 Å². The second-order valence-corrected chi connectivity index (χ2v) is 7.89. The van der Waals surface area contributed by atoms with Crippen molar-refractivity contribution in [1.82, 2.24) is 20.0 Å². The normalized spacial score (nSPS) is 28.6. The molecule has 3 aliphatic rings. The maximum Gasteiger partial charge on any atom is 0.327 e. The van der Waals surface area contributed by atoms with E-state index in [-0.39, 0.29) is 30.4 Å². The number of hydrogen-bond acceptors (Lipinski definition) is 5. The number of anilines is 1. The van der Waals surface area contributed by atoms with Crippen molar-refractivity contribution in [1.29, 1.82) is 0 Å². The molecule has 0 aliphatic carbocycles. The van der Waals surface area contributed by atoms with Gasteiger partial charge in [0.15, 0.2) is 0 Å². The van der Waals surface area contributed by atoms with Crippen LogP contribution in [-0.4, -0.2) is 71.8 Å². The third-order valence-electron chi connectivity index (χ3n) is 5.87. The molecular formula is C19H26ClN5O2. The Morgan fingerprint density at radius 1 is 1.26 bits per heavy atom. The van der Waals surface area contributed by atoms with E-state index < -0.39 is 0 Å². The molecule has 3 amide bonds. The summed E-state index contributed by atoms with van der Waals surface area (Å²) in [4.78, 5) is 33.3. The Bertz CT molecular complexity index is 772. The lowest BCUT2D eigenvalue weighted by atomic mass is 10.1. The highest BCUT2D eigenvalue weighted by Crippen LogP contribution is 2.35. The van der Waals surface area contributed by atoms with Gasteiger partial charge in [-0.2, -0.15) is 0 Å². The molecule has 3 heterocycles. The number of carbonyl (C=O) groups excluding carboxylic acids is 2. The summed E-state index contributed by atoms with van der Waals surface area (Å²) in [6.45, 7) is 6.15. The van der Waals surface area contributed by atoms with E-state index in [2.05, 4.69) is 21.2 Å². The van der Waals surface area contributed by atoms with E-state index in [1.54, 1.807) is 11.9 Å². The molecule has 0 spiro atoms. The zero-order valence-electron chi connectivity index (χ0n) is 16.0. The molecule has 0 bridgehead atoms. The van der Waals surface area contributed by atoms with Gasteiger partial charge in [-0.1, -0.05) is 24.6 Å². The third kappa shape index (κ3) is 2.80. The minimum Gasteiger partial charge on any atom is -0.343 e. The molecular weight excluding hydrogens is 366 g/mol. The zero-order valence-corrected chi connectivity index (χ0v) is 16.7. The molecule has 4 rings (SSSR count). The quantitative estimate of drug-likeness (QED) is 0.854. The molecule has 3 saturated heterocycles. The highest BCUT2D eigenvalue weighted by Gasteiger charge is 2.55. The number of halogens is 1. The summed E-state index contributed by atoms with van der Waals surface area (Å²) in [5.41, 5.74) is 2.09. The van der Waals surface area contributed by atoms with Crippen molar-refractivity contribution >= 4 is 29.2 Å². The lowest BCUT2D eigenvalue weighted by Crippen LogP contribution is -2.66. The Kier molecular flexibility index (Phi) is 4.78. The molecule has 3 fully saturated rings. The number of benzene rings is 1. The van der Waals surface area contributed by atoms with Gasteiger partial charge in [-0.3, -0.25) is 19.9 Å². The number of imide groups is 1. The predicted molar refractivity (Wildman–Crippen MR) is 105 cm³/mol. The van der Waals surface area contributed by atoms with Gasteiger partial charge in [-0.25, -0.2) is 4.79 Å². The molecule has 27 heavy (non-hydrogen) atoms. The fraction of sp³-hybridized carbons (Fsp3) is 0.579. The van der Waals surface area contributed by atoms with Crippen molar-refractivity contribution in [2.24, 2.45) is 0 Å². The number of urea groups is 1. The van der Waals surface area contributed by atoms with E-state index in [1.807, 2.05) is 26.0 Å². The Balaban J connectivity index is 1.68. The average Bonchev–Trinajstić information content (AvgIpc) is 3.06. The van der Waals surface area contributed by atoms with Crippen LogP contribution < -0.4 is 10.2 Å². The lowest BCUT2D eigenvalue weighted by Gasteiger charge is -2.44. The van der Waals surface area contributed by atoms with Crippen LogP contribution in [0.4, 0.5) is 10.5 Å². The first-order valence-corrected chi connectivity index (χ1v) is 9.95. The SMILES string of the molecule is CCCN1C(=O)C2C(NC3N(c4cccc(Cl)c4C)CCCN23)N(C)C1=O. The van der Waals surface area contributed by atoms with Crippen LogP contribution in [0.1, 0.15) is 25.3 Å². The van der Waals surface area contributed by atoms with E-state index in [1.165, 1.54) is 4.90 Å². The Hall–Kier alpha value is -1.83. The van der Waals surface area contributed by atoms with Gasteiger partial charge in [-0.05, 0) is 37.5 Å². The summed E-state index contributed by atoms with van der Waals surface area (Å²) < 4.78 is 0. The first kappa shape index (κ1) is 18.5. The standard InChI is InChI=1S/C19H26ClN5O2/c1-4-9-25-17(26)15-16(22(3)19(25)27)21-18-23(10-6-11-24(15)18)14-8-5-7-13(20)12(14)2/h5,7-8,15-16,18,21H,4,6,9-11H2,1-3H3. The van der Waals surface area contributed by atoms with Gasteiger partial charge in [0, 0.05) is 37.4 Å². The van der Waals surface area contributed by atoms with Crippen molar-refractivity contribution in [3.63, 3.8) is 0 Å². The number of nitrogens with one attached hydrogen (secondary N) is 1. The van der Waals surface area contributed by atoms with E-state index in [0.717, 1.165) is 42.2 Å². The number of rotatable bonds is 3. The molecule has 0 radical (unpaired) electrons. The lowest BCUT2D eigenvalue weighted by molar-refractivity contribution is -0.138. The topological polar surface area (TPSA) is 59.1 Å². The van der Waals surface area contributed by atoms with Crippen molar-refractivity contribution in [2.75, 3.05) is 31.6 Å². The number of amides is 3. The van der Waals surface area contributed by atoms with E-state index >= 15 is 0 Å². The predicted octanol–water partition coefficient (Wildman–Crippen LogP) is 2.05. The van der Waals surface area contributed by atoms with Crippen LogP contribution in [0.2, 0.25) is 5.02 Å². The van der Waals surface area contributed by atoms with Gasteiger partial charge < -0.3 is 9.80 Å². The molecule has 0 aromatic heterocycles. The maximum atomic E-state index is 13.1. The minimum absolute atomic E-state index is 0.0929. The van der Waals surface area contributed by atoms with Crippen LogP contribution >= 0.6 is 11.6 Å². The van der Waals surface area contributed by atoms with Crippen LogP contribution in [0.5, 0.6) is 0 Å². The van der Waals surface area contributed by atoms with Crippen LogP contribution in [-0.2, 0) is 4.79 Å². The molecule has 3 atom stereocenters. The summed E-state index contributed by atoms with van der Waals surface area (Å²) in [5, 5.41) is 4.26. The molecule has 3 unspecified atom stereocenters. The van der Waals surface area contributed by atoms with Gasteiger partial charge in [0.2, 0.25) is 0 Å². The van der Waals surface area contributed by atoms with Crippen LogP contribution in [0, 0.1) is 6.92 Å². The molecule has 146 valence electrons. The Morgan fingerprint density at radius 3 is 2.78 bits per heavy atom. The molecule has 0 saturated carbocycles. The smallest absolute Gasteiger partial charge is 0.327 e. The summed E-state index contributed by atoms with van der Waals surface area (Å²) in [7, 11) is 1.77. The third-order valence-corrected chi connectivity index (χ3v) is 6.28. The van der Waals surface area contributed by atoms with Crippen LogP contribution in [0.15, 0.2) is 18.2 Å². The molecule has 1 aromatic rings. The molecule has 8 heteroatoms. The highest BCUT2D eigenvalue weighted by molar-refractivity contribution is 6.31. The van der Waals surface area contributed by atoms with Crippen molar-refractivity contribution < 1.29 is 9.59 Å². The van der Waals surface area contributed by atoms with E-state index in [4.69, 9.17) is 11.6 Å². The van der Waals surface area contributed by atoms with E-state index in [9.17, 15) is 9.59 Å². The van der Waals surface area contributed by atoms with Gasteiger partial charge in [0.25, 0.3) is 5.91 Å². The first-order valence-electron chi connectivity index (χ1n) is 9.57. The van der Waals surface area contributed by atoms with Gasteiger partial charge in [0.1, 0.15) is 18.5 Å².